The van der Waals surface area contributed by atoms with E-state index in [2.05, 4.69) is 19.6 Å². The number of amides is 1. The number of carbonyl (C=O) groups is 2. The fourth-order valence-electron chi connectivity index (χ4n) is 5.66. The third kappa shape index (κ3) is 5.98. The van der Waals surface area contributed by atoms with E-state index in [4.69, 9.17) is 10.5 Å². The Kier molecular flexibility index (Phi) is 8.41. The van der Waals surface area contributed by atoms with Crippen molar-refractivity contribution in [1.29, 1.82) is 0 Å². The van der Waals surface area contributed by atoms with Crippen molar-refractivity contribution in [1.82, 2.24) is 19.6 Å². The number of nitrogens with zero attached hydrogens (tertiary/aromatic N) is 4. The fourth-order valence-corrected chi connectivity index (χ4v) is 6.83. The first kappa shape index (κ1) is 28.7. The molecule has 4 heterocycles. The van der Waals surface area contributed by atoms with Gasteiger partial charge in [-0.2, -0.15) is 4.72 Å². The number of aromatic nitrogens is 2. The number of nitrogens with two attached hydrogens (primary N) is 1. The lowest BCUT2D eigenvalue weighted by atomic mass is 9.94. The number of pyridine rings is 2. The van der Waals surface area contributed by atoms with Crippen LogP contribution >= 0.6 is 0 Å². The lowest BCUT2D eigenvalue weighted by Crippen LogP contribution is -2.48. The van der Waals surface area contributed by atoms with Crippen LogP contribution in [-0.2, 0) is 37.2 Å². The van der Waals surface area contributed by atoms with E-state index >= 15 is 0 Å². The van der Waals surface area contributed by atoms with Crippen LogP contribution in [0.4, 0.5) is 11.6 Å². The molecule has 41 heavy (non-hydrogen) atoms. The number of rotatable bonds is 10. The van der Waals surface area contributed by atoms with Crippen LogP contribution in [0.5, 0.6) is 0 Å². The van der Waals surface area contributed by atoms with Crippen LogP contribution in [0, 0.1) is 0 Å². The molecule has 2 aliphatic heterocycles. The van der Waals surface area contributed by atoms with Gasteiger partial charge in [-0.25, -0.2) is 23.2 Å². The maximum absolute atomic E-state index is 13.5. The summed E-state index contributed by atoms with van der Waals surface area (Å²) in [6.45, 7) is 5.89. The molecule has 0 radical (unpaired) electrons. The van der Waals surface area contributed by atoms with Crippen molar-refractivity contribution >= 4 is 44.3 Å². The third-order valence-electron chi connectivity index (χ3n) is 7.84. The minimum Gasteiger partial charge on any atom is -0.464 e. The Morgan fingerprint density at radius 2 is 1.90 bits per heavy atom. The average Bonchev–Trinajstić information content (AvgIpc) is 3.62. The van der Waals surface area contributed by atoms with Gasteiger partial charge in [0, 0.05) is 43.8 Å². The molecule has 0 aliphatic carbocycles. The Balaban J connectivity index is 1.35. The predicted octanol–water partition coefficient (Wildman–Crippen LogP) is 2.43. The predicted molar refractivity (Wildman–Crippen MR) is 156 cm³/mol. The molecule has 2 fully saturated rings. The maximum atomic E-state index is 13.5. The monoisotopic (exact) mass is 580 g/mol. The number of esters is 1. The van der Waals surface area contributed by atoms with Crippen LogP contribution in [0.25, 0.3) is 10.8 Å². The zero-order valence-corrected chi connectivity index (χ0v) is 24.2. The highest BCUT2D eigenvalue weighted by molar-refractivity contribution is 7.89. The van der Waals surface area contributed by atoms with Gasteiger partial charge in [-0.3, -0.25) is 4.79 Å². The van der Waals surface area contributed by atoms with E-state index in [0.29, 0.717) is 12.2 Å². The van der Waals surface area contributed by atoms with Crippen molar-refractivity contribution in [2.24, 2.45) is 0 Å². The smallest absolute Gasteiger partial charge is 0.329 e. The first-order valence-electron chi connectivity index (χ1n) is 14.1. The largest absolute Gasteiger partial charge is 0.464 e. The normalized spacial score (nSPS) is 18.3. The number of hydrogen-bond acceptors (Lipinski definition) is 9. The number of carbonyl (C=O) groups excluding carboxylic acids is 2. The highest BCUT2D eigenvalue weighted by atomic mass is 32.2. The van der Waals surface area contributed by atoms with Gasteiger partial charge >= 0.3 is 5.97 Å². The number of anilines is 2. The molecule has 3 N–H and O–H groups in total. The molecule has 1 aromatic carbocycles. The van der Waals surface area contributed by atoms with Crippen molar-refractivity contribution in [2.75, 3.05) is 36.9 Å². The van der Waals surface area contributed by atoms with E-state index < -0.39 is 34.0 Å². The van der Waals surface area contributed by atoms with Crippen molar-refractivity contribution < 1.29 is 22.7 Å². The number of nitrogen functional groups attached to an aromatic ring is 1. The molecule has 0 spiro atoms. The highest BCUT2D eigenvalue weighted by Crippen LogP contribution is 2.28. The van der Waals surface area contributed by atoms with Gasteiger partial charge < -0.3 is 20.3 Å². The lowest BCUT2D eigenvalue weighted by molar-refractivity contribution is -0.153. The van der Waals surface area contributed by atoms with E-state index in [1.165, 1.54) is 17.2 Å². The van der Waals surface area contributed by atoms with Gasteiger partial charge in [0.05, 0.1) is 6.61 Å². The van der Waals surface area contributed by atoms with Crippen LogP contribution in [0.3, 0.4) is 0 Å². The number of nitrogens with one attached hydrogen (secondary N) is 1. The van der Waals surface area contributed by atoms with E-state index in [1.54, 1.807) is 19.2 Å². The van der Waals surface area contributed by atoms with Crippen LogP contribution in [-0.4, -0.2) is 73.5 Å². The Bertz CT molecular complexity index is 1540. The second kappa shape index (κ2) is 12.0. The molecule has 5 rings (SSSR count). The number of hydrogen-bond donors (Lipinski definition) is 2. The van der Waals surface area contributed by atoms with Gasteiger partial charge in [0.2, 0.25) is 15.9 Å². The molecule has 11 nitrogen and oxygen atoms in total. The van der Waals surface area contributed by atoms with Crippen LogP contribution in [0.1, 0.15) is 44.2 Å². The Hall–Kier alpha value is -3.77. The molecule has 2 atom stereocenters. The summed E-state index contributed by atoms with van der Waals surface area (Å²) in [4.78, 5) is 38.7. The first-order valence-corrected chi connectivity index (χ1v) is 15.6. The van der Waals surface area contributed by atoms with Crippen LogP contribution < -0.4 is 15.4 Å². The van der Waals surface area contributed by atoms with Gasteiger partial charge in [-0.15, -0.1) is 0 Å². The highest BCUT2D eigenvalue weighted by Gasteiger charge is 2.41. The number of ether oxygens (including phenoxy) is 1. The van der Waals surface area contributed by atoms with Gasteiger partial charge in [-0.05, 0) is 73.4 Å². The molecular weight excluding hydrogens is 544 g/mol. The Labute approximate surface area is 240 Å². The van der Waals surface area contributed by atoms with E-state index in [0.717, 1.165) is 53.6 Å². The molecule has 0 saturated carbocycles. The summed E-state index contributed by atoms with van der Waals surface area (Å²) in [5, 5.41) is 1.71. The summed E-state index contributed by atoms with van der Waals surface area (Å²) in [6, 6.07) is 7.10. The number of aryl methyl sites for hydroxylation is 1. The van der Waals surface area contributed by atoms with Crippen molar-refractivity contribution in [2.45, 2.75) is 62.9 Å². The van der Waals surface area contributed by atoms with Crippen molar-refractivity contribution in [3.05, 3.63) is 53.9 Å². The Morgan fingerprint density at radius 3 is 2.59 bits per heavy atom. The fraction of sp³-hybridized carbons (Fsp3) is 0.448. The van der Waals surface area contributed by atoms with E-state index in [-0.39, 0.29) is 30.9 Å². The van der Waals surface area contributed by atoms with Crippen LogP contribution in [0.2, 0.25) is 0 Å². The molecule has 2 unspecified atom stereocenters. The zero-order valence-electron chi connectivity index (χ0n) is 23.4. The van der Waals surface area contributed by atoms with Crippen LogP contribution in [0.15, 0.2) is 47.6 Å². The number of sulfonamides is 1. The number of benzene rings is 1. The number of fused-ring (bicyclic) bond motifs is 1. The minimum absolute atomic E-state index is 0.00819. The zero-order chi connectivity index (χ0) is 29.1. The molecular formula is C29H36N6O5S. The molecule has 2 aromatic heterocycles. The molecule has 2 aliphatic rings. The summed E-state index contributed by atoms with van der Waals surface area (Å²) in [7, 11) is -4.01. The molecule has 0 bridgehead atoms. The van der Waals surface area contributed by atoms with Gasteiger partial charge in [-0.1, -0.05) is 13.0 Å². The third-order valence-corrected chi connectivity index (χ3v) is 9.30. The molecule has 218 valence electrons. The summed E-state index contributed by atoms with van der Waals surface area (Å²) < 4.78 is 34.2. The summed E-state index contributed by atoms with van der Waals surface area (Å²) in [6.07, 6.45) is 6.28. The quantitative estimate of drug-likeness (QED) is 0.345. The number of likely N-dealkylation sites (tertiary alicyclic amines) is 1. The summed E-state index contributed by atoms with van der Waals surface area (Å²) >= 11 is 0. The molecule has 2 saturated heterocycles. The first-order chi connectivity index (χ1) is 19.7. The van der Waals surface area contributed by atoms with E-state index in [9.17, 15) is 18.0 Å². The molecule has 12 heteroatoms. The van der Waals surface area contributed by atoms with Gasteiger partial charge in [0.1, 0.15) is 28.6 Å². The minimum atomic E-state index is -4.01. The second-order valence-corrected chi connectivity index (χ2v) is 12.1. The molecule has 3 aromatic rings. The van der Waals surface area contributed by atoms with Crippen molar-refractivity contribution in [3.8, 4) is 0 Å². The SMILES string of the molecule is CCOC(=O)C(Cc1cc2ccnc(N)c2cc1CC)N1CCC(NS(=O)(=O)c2ccc(N3CCCC3)nc2)C1=O. The lowest BCUT2D eigenvalue weighted by Gasteiger charge is -2.27. The summed E-state index contributed by atoms with van der Waals surface area (Å²) in [5.41, 5.74) is 7.96. The average molecular weight is 581 g/mol. The second-order valence-electron chi connectivity index (χ2n) is 10.4. The topological polar surface area (TPSA) is 148 Å². The summed E-state index contributed by atoms with van der Waals surface area (Å²) in [5.74, 6) is 0.181. The molecule has 1 amide bonds. The van der Waals surface area contributed by atoms with E-state index in [1.807, 2.05) is 25.1 Å². The Morgan fingerprint density at radius 1 is 1.12 bits per heavy atom. The maximum Gasteiger partial charge on any atom is 0.329 e. The van der Waals surface area contributed by atoms with Crippen molar-refractivity contribution in [3.63, 3.8) is 0 Å². The standard InChI is InChI=1S/C29H36N6O5S/c1-3-19-16-23-20(9-11-31-27(23)30)15-21(19)17-25(29(37)40-4-2)35-14-10-24(28(35)36)33-41(38,39)22-7-8-26(32-18-22)34-12-5-6-13-34/h7-9,11,15-16,18,24-25,33H,3-6,10,12-14,17H2,1-2H3,(H2,30,31). The van der Waals surface area contributed by atoms with Gasteiger partial charge in [0.25, 0.3) is 0 Å². The van der Waals surface area contributed by atoms with Gasteiger partial charge in [0.15, 0.2) is 0 Å².